The zero-order valence-electron chi connectivity index (χ0n) is 15.4. The number of imidazole rings is 1. The van der Waals surface area contributed by atoms with Crippen LogP contribution in [0.1, 0.15) is 44.6 Å². The molecule has 0 spiro atoms. The summed E-state index contributed by atoms with van der Waals surface area (Å²) in [7, 11) is 1.33. The summed E-state index contributed by atoms with van der Waals surface area (Å²) in [5.41, 5.74) is 2.98. The third-order valence-corrected chi connectivity index (χ3v) is 4.33. The molecule has 27 heavy (non-hydrogen) atoms. The molecule has 1 amide bonds. The molecule has 0 saturated carbocycles. The first kappa shape index (κ1) is 18.4. The number of aryl methyl sites for hydroxylation is 1. The molecule has 140 valence electrons. The minimum atomic E-state index is -0.446. The van der Waals surface area contributed by atoms with E-state index in [9.17, 15) is 9.59 Å². The zero-order valence-corrected chi connectivity index (χ0v) is 15.4. The van der Waals surface area contributed by atoms with Crippen molar-refractivity contribution < 1.29 is 14.3 Å². The number of esters is 1. The van der Waals surface area contributed by atoms with E-state index < -0.39 is 5.97 Å². The largest absolute Gasteiger partial charge is 0.465 e. The maximum Gasteiger partial charge on any atom is 0.339 e. The van der Waals surface area contributed by atoms with Crippen LogP contribution in [0.3, 0.4) is 0 Å². The number of ether oxygens (including phenoxy) is 1. The van der Waals surface area contributed by atoms with Gasteiger partial charge in [-0.25, -0.2) is 14.8 Å². The van der Waals surface area contributed by atoms with Crippen molar-refractivity contribution in [3.63, 3.8) is 0 Å². The maximum atomic E-state index is 12.6. The SMILES string of the molecule is CCc1[nH]c(C(=O)NCc2ccnc(-n3ccnc3)c2)c(C)c1C(=O)OC. The van der Waals surface area contributed by atoms with Gasteiger partial charge in [-0.15, -0.1) is 0 Å². The number of nitrogens with zero attached hydrogens (tertiary/aromatic N) is 3. The lowest BCUT2D eigenvalue weighted by Gasteiger charge is -2.07. The first-order chi connectivity index (χ1) is 13.0. The van der Waals surface area contributed by atoms with Gasteiger partial charge in [-0.05, 0) is 36.6 Å². The number of pyridine rings is 1. The van der Waals surface area contributed by atoms with E-state index in [1.807, 2.05) is 19.1 Å². The van der Waals surface area contributed by atoms with E-state index >= 15 is 0 Å². The fourth-order valence-corrected chi connectivity index (χ4v) is 2.91. The average Bonchev–Trinajstić information content (AvgIpc) is 3.33. The Kier molecular flexibility index (Phi) is 5.35. The number of aromatic nitrogens is 4. The van der Waals surface area contributed by atoms with Crippen LogP contribution in [-0.2, 0) is 17.7 Å². The van der Waals surface area contributed by atoms with Gasteiger partial charge in [-0.1, -0.05) is 6.92 Å². The molecule has 3 heterocycles. The standard InChI is InChI=1S/C19H21N5O3/c1-4-14-16(19(26)27-3)12(2)17(23-14)18(25)22-10-13-5-6-21-15(9-13)24-8-7-20-11-24/h5-9,11,23H,4,10H2,1-3H3,(H,22,25). The minimum Gasteiger partial charge on any atom is -0.465 e. The molecule has 0 atom stereocenters. The Labute approximate surface area is 156 Å². The van der Waals surface area contributed by atoms with Crippen molar-refractivity contribution in [3.05, 3.63) is 65.1 Å². The van der Waals surface area contributed by atoms with E-state index in [1.54, 1.807) is 36.4 Å². The van der Waals surface area contributed by atoms with Crippen LogP contribution < -0.4 is 5.32 Å². The quantitative estimate of drug-likeness (QED) is 0.650. The Morgan fingerprint density at radius 2 is 2.15 bits per heavy atom. The van der Waals surface area contributed by atoms with Crippen LogP contribution in [0.15, 0.2) is 37.1 Å². The Balaban J connectivity index is 1.76. The fourth-order valence-electron chi connectivity index (χ4n) is 2.91. The normalized spacial score (nSPS) is 10.6. The highest BCUT2D eigenvalue weighted by atomic mass is 16.5. The molecule has 0 unspecified atom stereocenters. The molecule has 0 aliphatic rings. The number of aromatic amines is 1. The smallest absolute Gasteiger partial charge is 0.339 e. The van der Waals surface area contributed by atoms with Crippen molar-refractivity contribution in [1.29, 1.82) is 0 Å². The highest BCUT2D eigenvalue weighted by Crippen LogP contribution is 2.20. The average molecular weight is 367 g/mol. The lowest BCUT2D eigenvalue weighted by Crippen LogP contribution is -2.24. The molecule has 0 aromatic carbocycles. The lowest BCUT2D eigenvalue weighted by atomic mass is 10.1. The van der Waals surface area contributed by atoms with Gasteiger partial charge >= 0.3 is 5.97 Å². The van der Waals surface area contributed by atoms with Crippen LogP contribution >= 0.6 is 0 Å². The molecule has 3 aromatic rings. The number of rotatable bonds is 6. The predicted molar refractivity (Wildman–Crippen MR) is 98.8 cm³/mol. The van der Waals surface area contributed by atoms with Crippen LogP contribution in [0.2, 0.25) is 0 Å². The second-order valence-corrected chi connectivity index (χ2v) is 6.00. The molecule has 0 aliphatic carbocycles. The van der Waals surface area contributed by atoms with Gasteiger partial charge in [0.1, 0.15) is 17.8 Å². The number of hydrogen-bond acceptors (Lipinski definition) is 5. The van der Waals surface area contributed by atoms with E-state index in [2.05, 4.69) is 20.3 Å². The molecule has 0 bridgehead atoms. The van der Waals surface area contributed by atoms with Crippen molar-refractivity contribution in [2.24, 2.45) is 0 Å². The molecule has 3 rings (SSSR count). The molecule has 3 aromatic heterocycles. The van der Waals surface area contributed by atoms with E-state index in [0.717, 1.165) is 11.4 Å². The molecule has 8 heteroatoms. The zero-order chi connectivity index (χ0) is 19.4. The second-order valence-electron chi connectivity index (χ2n) is 6.00. The topological polar surface area (TPSA) is 102 Å². The Bertz CT molecular complexity index is 960. The summed E-state index contributed by atoms with van der Waals surface area (Å²) < 4.78 is 6.61. The van der Waals surface area contributed by atoms with Crippen LogP contribution in [-0.4, -0.2) is 38.5 Å². The summed E-state index contributed by atoms with van der Waals surface area (Å²) in [6.45, 7) is 3.98. The van der Waals surface area contributed by atoms with Crippen LogP contribution in [0.25, 0.3) is 5.82 Å². The molecule has 8 nitrogen and oxygen atoms in total. The molecule has 0 fully saturated rings. The van der Waals surface area contributed by atoms with Gasteiger partial charge in [0.2, 0.25) is 0 Å². The summed E-state index contributed by atoms with van der Waals surface area (Å²) in [6, 6.07) is 3.71. The minimum absolute atomic E-state index is 0.279. The summed E-state index contributed by atoms with van der Waals surface area (Å²) in [5.74, 6) is -0.00588. The van der Waals surface area contributed by atoms with E-state index in [4.69, 9.17) is 4.74 Å². The third-order valence-electron chi connectivity index (χ3n) is 4.33. The van der Waals surface area contributed by atoms with Crippen molar-refractivity contribution >= 4 is 11.9 Å². The first-order valence-corrected chi connectivity index (χ1v) is 8.56. The maximum absolute atomic E-state index is 12.6. The van der Waals surface area contributed by atoms with E-state index in [1.165, 1.54) is 7.11 Å². The van der Waals surface area contributed by atoms with Gasteiger partial charge < -0.3 is 15.0 Å². The van der Waals surface area contributed by atoms with Gasteiger partial charge in [-0.3, -0.25) is 9.36 Å². The molecule has 0 saturated heterocycles. The number of H-pyrrole nitrogens is 1. The van der Waals surface area contributed by atoms with Gasteiger partial charge in [0.05, 0.1) is 12.7 Å². The first-order valence-electron chi connectivity index (χ1n) is 8.56. The fraction of sp³-hybridized carbons (Fsp3) is 0.263. The Morgan fingerprint density at radius 3 is 2.81 bits per heavy atom. The molecular weight excluding hydrogens is 346 g/mol. The van der Waals surface area contributed by atoms with Gasteiger partial charge in [0.25, 0.3) is 5.91 Å². The van der Waals surface area contributed by atoms with Crippen molar-refractivity contribution in [3.8, 4) is 5.82 Å². The van der Waals surface area contributed by atoms with Crippen LogP contribution in [0, 0.1) is 6.92 Å². The van der Waals surface area contributed by atoms with Crippen LogP contribution in [0.4, 0.5) is 0 Å². The number of carbonyl (C=O) groups is 2. The number of hydrogen-bond donors (Lipinski definition) is 2. The summed E-state index contributed by atoms with van der Waals surface area (Å²) >= 11 is 0. The summed E-state index contributed by atoms with van der Waals surface area (Å²) in [6.07, 6.45) is 7.41. The van der Waals surface area contributed by atoms with Crippen molar-refractivity contribution in [1.82, 2.24) is 24.8 Å². The molecule has 2 N–H and O–H groups in total. The van der Waals surface area contributed by atoms with Gasteiger partial charge in [-0.2, -0.15) is 0 Å². The van der Waals surface area contributed by atoms with Crippen molar-refractivity contribution in [2.45, 2.75) is 26.8 Å². The highest BCUT2D eigenvalue weighted by Gasteiger charge is 2.23. The number of nitrogens with one attached hydrogen (secondary N) is 2. The number of methoxy groups -OCH3 is 1. The van der Waals surface area contributed by atoms with Crippen molar-refractivity contribution in [2.75, 3.05) is 7.11 Å². The molecular formula is C19H21N5O3. The Hall–Kier alpha value is -3.42. The third kappa shape index (κ3) is 3.74. The summed E-state index contributed by atoms with van der Waals surface area (Å²) in [5, 5.41) is 2.88. The summed E-state index contributed by atoms with van der Waals surface area (Å²) in [4.78, 5) is 35.9. The van der Waals surface area contributed by atoms with E-state index in [-0.39, 0.29) is 5.91 Å². The second kappa shape index (κ2) is 7.86. The monoisotopic (exact) mass is 367 g/mol. The van der Waals surface area contributed by atoms with Crippen LogP contribution in [0.5, 0.6) is 0 Å². The predicted octanol–water partition coefficient (Wildman–Crippen LogP) is 2.18. The Morgan fingerprint density at radius 1 is 1.33 bits per heavy atom. The molecule has 0 aliphatic heterocycles. The lowest BCUT2D eigenvalue weighted by molar-refractivity contribution is 0.0599. The highest BCUT2D eigenvalue weighted by molar-refractivity contribution is 6.00. The number of amides is 1. The van der Waals surface area contributed by atoms with E-state index in [0.29, 0.717) is 35.5 Å². The van der Waals surface area contributed by atoms with Gasteiger partial charge in [0.15, 0.2) is 0 Å². The number of carbonyl (C=O) groups excluding carboxylic acids is 2. The van der Waals surface area contributed by atoms with Gasteiger partial charge in [0, 0.05) is 30.8 Å². The molecule has 0 radical (unpaired) electrons.